The third kappa shape index (κ3) is 21.1. The van der Waals surface area contributed by atoms with Gasteiger partial charge in [0.15, 0.2) is 0 Å². The Morgan fingerprint density at radius 2 is 0.963 bits per heavy atom. The second-order valence-corrected chi connectivity index (χ2v) is 9.99. The maximum atomic E-state index is 11.7. The van der Waals surface area contributed by atoms with Crippen LogP contribution in [-0.4, -0.2) is 38.0 Å². The van der Waals surface area contributed by atoms with Crippen molar-refractivity contribution in [1.29, 1.82) is 0 Å². The van der Waals surface area contributed by atoms with E-state index in [1.807, 2.05) is 0 Å². The van der Waals surface area contributed by atoms with Crippen LogP contribution in [0.2, 0.25) is 0 Å². The second-order valence-electron chi connectivity index (χ2n) is 9.99. The number of hydrogen-bond acceptors (Lipinski definition) is 3. The SMILES string of the molecule is CC(C)(C)CCCCC(=O)NCCNCCNC(=O)CCCCC(C)(C)C. The molecule has 0 bridgehead atoms. The van der Waals surface area contributed by atoms with E-state index in [4.69, 9.17) is 0 Å². The van der Waals surface area contributed by atoms with Crippen molar-refractivity contribution in [3.63, 3.8) is 0 Å². The van der Waals surface area contributed by atoms with Crippen molar-refractivity contribution >= 4 is 11.8 Å². The van der Waals surface area contributed by atoms with Crippen molar-refractivity contribution in [3.05, 3.63) is 0 Å². The standard InChI is InChI=1S/C22H45N3O2/c1-21(2,3)13-9-7-11-19(26)24-17-15-23-16-18-25-20(27)12-8-10-14-22(4,5)6/h23H,7-18H2,1-6H3,(H,24,26)(H,25,27). The Morgan fingerprint density at radius 1 is 0.593 bits per heavy atom. The van der Waals surface area contributed by atoms with Gasteiger partial charge in [0.2, 0.25) is 11.8 Å². The summed E-state index contributed by atoms with van der Waals surface area (Å²) in [5, 5.41) is 9.12. The van der Waals surface area contributed by atoms with Gasteiger partial charge in [-0.25, -0.2) is 0 Å². The summed E-state index contributed by atoms with van der Waals surface area (Å²) < 4.78 is 0. The third-order valence-corrected chi connectivity index (χ3v) is 4.41. The number of carbonyl (C=O) groups excluding carboxylic acids is 2. The number of amides is 2. The summed E-state index contributed by atoms with van der Waals surface area (Å²) in [5.74, 6) is 0.267. The molecule has 0 radical (unpaired) electrons. The lowest BCUT2D eigenvalue weighted by molar-refractivity contribution is -0.121. The number of hydrogen-bond donors (Lipinski definition) is 3. The van der Waals surface area contributed by atoms with E-state index in [9.17, 15) is 9.59 Å². The number of unbranched alkanes of at least 4 members (excludes halogenated alkanes) is 2. The molecule has 0 aromatic carbocycles. The fourth-order valence-electron chi connectivity index (χ4n) is 2.76. The Morgan fingerprint density at radius 3 is 1.30 bits per heavy atom. The van der Waals surface area contributed by atoms with Gasteiger partial charge in [0.05, 0.1) is 0 Å². The number of carbonyl (C=O) groups is 2. The molecule has 0 saturated heterocycles. The van der Waals surface area contributed by atoms with Gasteiger partial charge in [-0.2, -0.15) is 0 Å². The monoisotopic (exact) mass is 383 g/mol. The average Bonchev–Trinajstić information content (AvgIpc) is 2.53. The molecular formula is C22H45N3O2. The van der Waals surface area contributed by atoms with E-state index in [-0.39, 0.29) is 11.8 Å². The zero-order chi connectivity index (χ0) is 20.8. The molecular weight excluding hydrogens is 338 g/mol. The number of rotatable bonds is 14. The summed E-state index contributed by atoms with van der Waals surface area (Å²) in [6, 6.07) is 0. The Hall–Kier alpha value is -1.10. The highest BCUT2D eigenvalue weighted by atomic mass is 16.2. The normalized spacial score (nSPS) is 12.1. The molecule has 0 fully saturated rings. The van der Waals surface area contributed by atoms with Gasteiger partial charge < -0.3 is 16.0 Å². The molecule has 0 aliphatic heterocycles. The van der Waals surface area contributed by atoms with E-state index in [2.05, 4.69) is 57.5 Å². The molecule has 2 amide bonds. The summed E-state index contributed by atoms with van der Waals surface area (Å²) in [4.78, 5) is 23.5. The fraction of sp³-hybridized carbons (Fsp3) is 0.909. The van der Waals surface area contributed by atoms with Gasteiger partial charge in [-0.15, -0.1) is 0 Å². The molecule has 160 valence electrons. The van der Waals surface area contributed by atoms with E-state index in [0.29, 0.717) is 36.8 Å². The van der Waals surface area contributed by atoms with Gasteiger partial charge >= 0.3 is 0 Å². The summed E-state index contributed by atoms with van der Waals surface area (Å²) in [5.41, 5.74) is 0.699. The lowest BCUT2D eigenvalue weighted by Gasteiger charge is -2.17. The van der Waals surface area contributed by atoms with Crippen LogP contribution < -0.4 is 16.0 Å². The molecule has 27 heavy (non-hydrogen) atoms. The van der Waals surface area contributed by atoms with E-state index in [1.54, 1.807) is 0 Å². The first-order valence-electron chi connectivity index (χ1n) is 10.7. The largest absolute Gasteiger partial charge is 0.355 e. The van der Waals surface area contributed by atoms with E-state index < -0.39 is 0 Å². The van der Waals surface area contributed by atoms with Gasteiger partial charge in [-0.05, 0) is 36.5 Å². The summed E-state index contributed by atoms with van der Waals surface area (Å²) in [6.07, 6.45) is 7.66. The van der Waals surface area contributed by atoms with Crippen molar-refractivity contribution in [2.75, 3.05) is 26.2 Å². The van der Waals surface area contributed by atoms with Crippen LogP contribution in [0.4, 0.5) is 0 Å². The minimum atomic E-state index is 0.134. The van der Waals surface area contributed by atoms with Crippen LogP contribution in [0.3, 0.4) is 0 Å². The summed E-state index contributed by atoms with van der Waals surface area (Å²) in [6.45, 7) is 16.1. The first-order chi connectivity index (χ1) is 12.5. The van der Waals surface area contributed by atoms with Crippen molar-refractivity contribution in [2.24, 2.45) is 10.8 Å². The van der Waals surface area contributed by atoms with Crippen LogP contribution in [0.25, 0.3) is 0 Å². The van der Waals surface area contributed by atoms with Crippen LogP contribution in [0, 0.1) is 10.8 Å². The molecule has 0 aromatic heterocycles. The minimum absolute atomic E-state index is 0.134. The lowest BCUT2D eigenvalue weighted by Crippen LogP contribution is -2.36. The molecule has 5 nitrogen and oxygen atoms in total. The van der Waals surface area contributed by atoms with Crippen LogP contribution in [0.1, 0.15) is 92.9 Å². The van der Waals surface area contributed by atoms with Gasteiger partial charge in [-0.1, -0.05) is 54.4 Å². The van der Waals surface area contributed by atoms with Crippen LogP contribution in [-0.2, 0) is 9.59 Å². The van der Waals surface area contributed by atoms with E-state index in [1.165, 1.54) is 0 Å². The highest BCUT2D eigenvalue weighted by molar-refractivity contribution is 5.76. The van der Waals surface area contributed by atoms with E-state index >= 15 is 0 Å². The first kappa shape index (κ1) is 25.9. The van der Waals surface area contributed by atoms with Crippen molar-refractivity contribution < 1.29 is 9.59 Å². The Balaban J connectivity index is 3.41. The molecule has 0 unspecified atom stereocenters. The molecule has 0 aliphatic carbocycles. The molecule has 0 aliphatic rings. The lowest BCUT2D eigenvalue weighted by atomic mass is 9.89. The number of nitrogens with one attached hydrogen (secondary N) is 3. The second kappa shape index (κ2) is 14.0. The fourth-order valence-corrected chi connectivity index (χ4v) is 2.76. The quantitative estimate of drug-likeness (QED) is 0.397. The molecule has 0 rings (SSSR count). The summed E-state index contributed by atoms with van der Waals surface area (Å²) in [7, 11) is 0. The smallest absolute Gasteiger partial charge is 0.220 e. The first-order valence-corrected chi connectivity index (χ1v) is 10.7. The van der Waals surface area contributed by atoms with Gasteiger partial charge in [0.25, 0.3) is 0 Å². The molecule has 0 spiro atoms. The Kier molecular flexibility index (Phi) is 13.4. The van der Waals surface area contributed by atoms with Crippen LogP contribution in [0.5, 0.6) is 0 Å². The molecule has 0 aromatic rings. The molecule has 0 saturated carbocycles. The maximum absolute atomic E-state index is 11.7. The Bertz CT molecular complexity index is 371. The zero-order valence-corrected chi connectivity index (χ0v) is 18.8. The van der Waals surface area contributed by atoms with Gasteiger partial charge in [0, 0.05) is 39.0 Å². The van der Waals surface area contributed by atoms with Crippen LogP contribution >= 0.6 is 0 Å². The van der Waals surface area contributed by atoms with E-state index in [0.717, 1.165) is 51.6 Å². The van der Waals surface area contributed by atoms with Crippen molar-refractivity contribution in [2.45, 2.75) is 92.9 Å². The summed E-state index contributed by atoms with van der Waals surface area (Å²) >= 11 is 0. The molecule has 0 atom stereocenters. The third-order valence-electron chi connectivity index (χ3n) is 4.41. The van der Waals surface area contributed by atoms with Gasteiger partial charge in [-0.3, -0.25) is 9.59 Å². The predicted octanol–water partition coefficient (Wildman–Crippen LogP) is 4.02. The van der Waals surface area contributed by atoms with Crippen molar-refractivity contribution in [1.82, 2.24) is 16.0 Å². The Labute approximate surface area is 167 Å². The van der Waals surface area contributed by atoms with Crippen molar-refractivity contribution in [3.8, 4) is 0 Å². The topological polar surface area (TPSA) is 70.2 Å². The maximum Gasteiger partial charge on any atom is 0.220 e. The molecule has 5 heteroatoms. The highest BCUT2D eigenvalue weighted by Gasteiger charge is 2.10. The average molecular weight is 384 g/mol. The highest BCUT2D eigenvalue weighted by Crippen LogP contribution is 2.22. The molecule has 3 N–H and O–H groups in total. The molecule has 0 heterocycles. The minimum Gasteiger partial charge on any atom is -0.355 e. The predicted molar refractivity (Wildman–Crippen MR) is 115 cm³/mol. The van der Waals surface area contributed by atoms with Crippen LogP contribution in [0.15, 0.2) is 0 Å². The van der Waals surface area contributed by atoms with Gasteiger partial charge in [0.1, 0.15) is 0 Å². The zero-order valence-electron chi connectivity index (χ0n) is 18.8.